The van der Waals surface area contributed by atoms with Crippen molar-refractivity contribution < 1.29 is 0 Å². The maximum atomic E-state index is 5.70. The van der Waals surface area contributed by atoms with Crippen LogP contribution in [-0.4, -0.2) is 18.6 Å². The summed E-state index contributed by atoms with van der Waals surface area (Å²) >= 11 is 1.89. The van der Waals surface area contributed by atoms with Gasteiger partial charge in [0.25, 0.3) is 0 Å². The van der Waals surface area contributed by atoms with Crippen molar-refractivity contribution in [3.8, 4) is 0 Å². The molecule has 15 heavy (non-hydrogen) atoms. The van der Waals surface area contributed by atoms with E-state index in [0.29, 0.717) is 11.4 Å². The van der Waals surface area contributed by atoms with Crippen molar-refractivity contribution in [2.75, 3.05) is 35.3 Å². The quantitative estimate of drug-likeness (QED) is 0.514. The van der Waals surface area contributed by atoms with Crippen LogP contribution in [0.1, 0.15) is 12.8 Å². The number of hydrogen-bond donors (Lipinski definition) is 3. The molecule has 0 amide bonds. The predicted octanol–water partition coefficient (Wildman–Crippen LogP) is 2.41. The average molecular weight is 225 g/mol. The zero-order valence-corrected chi connectivity index (χ0v) is 9.94. The van der Waals surface area contributed by atoms with Gasteiger partial charge in [0.2, 0.25) is 0 Å². The Labute approximate surface area is 95.6 Å². The normalized spacial score (nSPS) is 10.2. The molecule has 0 aliphatic carbocycles. The molecule has 0 aliphatic heterocycles. The van der Waals surface area contributed by atoms with Gasteiger partial charge in [0.05, 0.1) is 11.4 Å². The minimum atomic E-state index is 0.642. The predicted molar refractivity (Wildman–Crippen MR) is 71.4 cm³/mol. The molecule has 0 saturated heterocycles. The number of nitrogens with two attached hydrogens (primary N) is 2. The van der Waals surface area contributed by atoms with Crippen molar-refractivity contribution in [2.45, 2.75) is 12.8 Å². The molecule has 84 valence electrons. The van der Waals surface area contributed by atoms with E-state index in [9.17, 15) is 0 Å². The second kappa shape index (κ2) is 6.45. The molecule has 0 aromatic heterocycles. The number of rotatable bonds is 6. The second-order valence-corrected chi connectivity index (χ2v) is 4.46. The lowest BCUT2D eigenvalue weighted by molar-refractivity contribution is 0.843. The Bertz CT molecular complexity index is 302. The van der Waals surface area contributed by atoms with E-state index in [1.807, 2.05) is 30.0 Å². The first-order chi connectivity index (χ1) is 7.24. The first-order valence-corrected chi connectivity index (χ1v) is 6.51. The summed E-state index contributed by atoms with van der Waals surface area (Å²) in [7, 11) is 0. The van der Waals surface area contributed by atoms with Gasteiger partial charge in [0, 0.05) is 12.2 Å². The molecule has 1 aromatic carbocycles. The Morgan fingerprint density at radius 1 is 1.20 bits per heavy atom. The highest BCUT2D eigenvalue weighted by atomic mass is 32.2. The summed E-state index contributed by atoms with van der Waals surface area (Å²) < 4.78 is 0. The molecule has 0 heterocycles. The number of benzene rings is 1. The molecular weight excluding hydrogens is 206 g/mol. The van der Waals surface area contributed by atoms with Crippen LogP contribution in [-0.2, 0) is 0 Å². The van der Waals surface area contributed by atoms with Crippen LogP contribution in [0, 0.1) is 0 Å². The standard InChI is InChI=1S/C11H19N3S/c1-15-7-3-2-6-14-9-4-5-10(12)11(13)8-9/h4-5,8,14H,2-3,6-7,12-13H2,1H3. The summed E-state index contributed by atoms with van der Waals surface area (Å²) in [6.07, 6.45) is 4.57. The number of hydrogen-bond acceptors (Lipinski definition) is 4. The molecular formula is C11H19N3S. The van der Waals surface area contributed by atoms with Gasteiger partial charge in [-0.3, -0.25) is 0 Å². The van der Waals surface area contributed by atoms with Crippen LogP contribution in [0.15, 0.2) is 18.2 Å². The smallest absolute Gasteiger partial charge is 0.0568 e. The Balaban J connectivity index is 2.28. The molecule has 0 aliphatic rings. The molecule has 0 saturated carbocycles. The molecule has 4 heteroatoms. The first kappa shape index (κ1) is 12.0. The third kappa shape index (κ3) is 4.34. The lowest BCUT2D eigenvalue weighted by Crippen LogP contribution is -2.03. The summed E-state index contributed by atoms with van der Waals surface area (Å²) in [6.45, 7) is 0.990. The molecule has 0 fully saturated rings. The lowest BCUT2D eigenvalue weighted by Gasteiger charge is -2.07. The van der Waals surface area contributed by atoms with E-state index in [1.54, 1.807) is 0 Å². The summed E-state index contributed by atoms with van der Waals surface area (Å²) in [5.74, 6) is 1.23. The SMILES string of the molecule is CSCCCCNc1ccc(N)c(N)c1. The van der Waals surface area contributed by atoms with Gasteiger partial charge in [0.1, 0.15) is 0 Å². The molecule has 1 rings (SSSR count). The third-order valence-corrected chi connectivity index (χ3v) is 2.89. The van der Waals surface area contributed by atoms with Gasteiger partial charge >= 0.3 is 0 Å². The molecule has 0 unspecified atom stereocenters. The minimum Gasteiger partial charge on any atom is -0.397 e. The molecule has 0 atom stereocenters. The Kier molecular flexibility index (Phi) is 5.18. The van der Waals surface area contributed by atoms with Gasteiger partial charge in [-0.05, 0) is 43.0 Å². The summed E-state index contributed by atoms with van der Waals surface area (Å²) in [4.78, 5) is 0. The van der Waals surface area contributed by atoms with Crippen LogP contribution in [0.3, 0.4) is 0 Å². The molecule has 0 bridgehead atoms. The van der Waals surface area contributed by atoms with Crippen LogP contribution in [0.2, 0.25) is 0 Å². The molecule has 5 N–H and O–H groups in total. The number of nitrogens with one attached hydrogen (secondary N) is 1. The van der Waals surface area contributed by atoms with Crippen molar-refractivity contribution in [3.05, 3.63) is 18.2 Å². The van der Waals surface area contributed by atoms with E-state index in [1.165, 1.54) is 18.6 Å². The van der Waals surface area contributed by atoms with Crippen molar-refractivity contribution in [1.29, 1.82) is 0 Å². The van der Waals surface area contributed by atoms with Crippen molar-refractivity contribution >= 4 is 28.8 Å². The monoisotopic (exact) mass is 225 g/mol. The number of thioether (sulfide) groups is 1. The van der Waals surface area contributed by atoms with Crippen LogP contribution in [0.5, 0.6) is 0 Å². The highest BCUT2D eigenvalue weighted by molar-refractivity contribution is 7.98. The molecule has 1 aromatic rings. The zero-order chi connectivity index (χ0) is 11.1. The third-order valence-electron chi connectivity index (χ3n) is 2.19. The van der Waals surface area contributed by atoms with Crippen LogP contribution in [0.25, 0.3) is 0 Å². The molecule has 3 nitrogen and oxygen atoms in total. The number of unbranched alkanes of at least 4 members (excludes halogenated alkanes) is 1. The van der Waals surface area contributed by atoms with Crippen LogP contribution in [0.4, 0.5) is 17.1 Å². The summed E-state index contributed by atoms with van der Waals surface area (Å²) in [6, 6.07) is 5.67. The van der Waals surface area contributed by atoms with Gasteiger partial charge in [-0.25, -0.2) is 0 Å². The maximum Gasteiger partial charge on any atom is 0.0568 e. The van der Waals surface area contributed by atoms with E-state index >= 15 is 0 Å². The fourth-order valence-corrected chi connectivity index (χ4v) is 1.78. The van der Waals surface area contributed by atoms with Crippen molar-refractivity contribution in [2.24, 2.45) is 0 Å². The Hall–Kier alpha value is -1.03. The fraction of sp³-hybridized carbons (Fsp3) is 0.455. The van der Waals surface area contributed by atoms with E-state index in [-0.39, 0.29) is 0 Å². The van der Waals surface area contributed by atoms with Crippen molar-refractivity contribution in [3.63, 3.8) is 0 Å². The topological polar surface area (TPSA) is 64.1 Å². The van der Waals surface area contributed by atoms with Crippen molar-refractivity contribution in [1.82, 2.24) is 0 Å². The highest BCUT2D eigenvalue weighted by Crippen LogP contribution is 2.19. The van der Waals surface area contributed by atoms with Crippen LogP contribution < -0.4 is 16.8 Å². The van der Waals surface area contributed by atoms with Gasteiger partial charge in [-0.15, -0.1) is 0 Å². The summed E-state index contributed by atoms with van der Waals surface area (Å²) in [5, 5.41) is 3.33. The minimum absolute atomic E-state index is 0.642. The Morgan fingerprint density at radius 3 is 2.67 bits per heavy atom. The number of anilines is 3. The van der Waals surface area contributed by atoms with E-state index in [4.69, 9.17) is 11.5 Å². The van der Waals surface area contributed by atoms with Crippen LogP contribution >= 0.6 is 11.8 Å². The van der Waals surface area contributed by atoms with Gasteiger partial charge in [-0.1, -0.05) is 0 Å². The maximum absolute atomic E-state index is 5.70. The van der Waals surface area contributed by atoms with Gasteiger partial charge < -0.3 is 16.8 Å². The van der Waals surface area contributed by atoms with E-state index in [2.05, 4.69) is 11.6 Å². The Morgan fingerprint density at radius 2 is 2.00 bits per heavy atom. The molecule has 0 radical (unpaired) electrons. The van der Waals surface area contributed by atoms with E-state index in [0.717, 1.165) is 12.2 Å². The highest BCUT2D eigenvalue weighted by Gasteiger charge is 1.96. The average Bonchev–Trinajstić information content (AvgIpc) is 2.23. The number of nitrogen functional groups attached to an aromatic ring is 2. The fourth-order valence-electron chi connectivity index (χ4n) is 1.29. The largest absolute Gasteiger partial charge is 0.397 e. The van der Waals surface area contributed by atoms with Gasteiger partial charge in [0.15, 0.2) is 0 Å². The first-order valence-electron chi connectivity index (χ1n) is 5.12. The lowest BCUT2D eigenvalue weighted by atomic mass is 10.2. The summed E-state index contributed by atoms with van der Waals surface area (Å²) in [5.41, 5.74) is 13.7. The van der Waals surface area contributed by atoms with E-state index < -0.39 is 0 Å². The zero-order valence-electron chi connectivity index (χ0n) is 9.12. The molecule has 0 spiro atoms. The second-order valence-electron chi connectivity index (χ2n) is 3.47. The van der Waals surface area contributed by atoms with Gasteiger partial charge in [-0.2, -0.15) is 11.8 Å².